The summed E-state index contributed by atoms with van der Waals surface area (Å²) in [6.07, 6.45) is 0.610. The quantitative estimate of drug-likeness (QED) is 0.299. The van der Waals surface area contributed by atoms with Crippen molar-refractivity contribution in [2.24, 2.45) is 5.92 Å². The Labute approximate surface area is 228 Å². The number of ether oxygens (including phenoxy) is 7. The van der Waals surface area contributed by atoms with Gasteiger partial charge in [-0.2, -0.15) is 0 Å². The van der Waals surface area contributed by atoms with E-state index in [9.17, 15) is 9.59 Å². The molecule has 2 atom stereocenters. The van der Waals surface area contributed by atoms with Gasteiger partial charge in [-0.05, 0) is 48.2 Å². The summed E-state index contributed by atoms with van der Waals surface area (Å²) in [7, 11) is 9.30. The van der Waals surface area contributed by atoms with Crippen LogP contribution in [0.15, 0.2) is 12.1 Å². The van der Waals surface area contributed by atoms with Gasteiger partial charge < -0.3 is 33.2 Å². The zero-order chi connectivity index (χ0) is 28.2. The van der Waals surface area contributed by atoms with Gasteiger partial charge in [-0.1, -0.05) is 6.92 Å². The lowest BCUT2D eigenvalue weighted by atomic mass is 9.74. The van der Waals surface area contributed by atoms with E-state index in [1.165, 1.54) is 7.11 Å². The fourth-order valence-corrected chi connectivity index (χ4v) is 5.10. The number of rotatable bonds is 10. The molecule has 0 aliphatic heterocycles. The lowest BCUT2D eigenvalue weighted by molar-refractivity contribution is -0.163. The molecule has 0 N–H and O–H groups in total. The Morgan fingerprint density at radius 1 is 0.789 bits per heavy atom. The highest BCUT2D eigenvalue weighted by Gasteiger charge is 2.41. The largest absolute Gasteiger partial charge is 0.493 e. The summed E-state index contributed by atoms with van der Waals surface area (Å²) < 4.78 is 40.6. The summed E-state index contributed by atoms with van der Waals surface area (Å²) in [5.41, 5.74) is 2.15. The maximum Gasteiger partial charge on any atom is 0.306 e. The molecular weight excluding hydrogens is 516 g/mol. The summed E-state index contributed by atoms with van der Waals surface area (Å²) in [6.45, 7) is 3.89. The Morgan fingerprint density at radius 3 is 1.71 bits per heavy atom. The van der Waals surface area contributed by atoms with Gasteiger partial charge in [0.05, 0.1) is 49.1 Å². The maximum absolute atomic E-state index is 12.8. The SMILES string of the molecule is COc1cc2c(c(OC)c1OC)-c1c(cc(OC)c(OC)c1OC)C[C@](C)(OC(=O)CCC(=O)Cl)[C@@H](C)C2. The number of halogens is 1. The van der Waals surface area contributed by atoms with Crippen molar-refractivity contribution in [1.82, 2.24) is 0 Å². The molecule has 0 fully saturated rings. The number of hydrogen-bond donors (Lipinski definition) is 0. The summed E-state index contributed by atoms with van der Waals surface area (Å²) in [5, 5.41) is -0.591. The normalized spacial score (nSPS) is 18.2. The topological polar surface area (TPSA) is 98.8 Å². The predicted molar refractivity (Wildman–Crippen MR) is 142 cm³/mol. The zero-order valence-corrected chi connectivity index (χ0v) is 23.9. The van der Waals surface area contributed by atoms with Gasteiger partial charge >= 0.3 is 5.97 Å². The van der Waals surface area contributed by atoms with Crippen molar-refractivity contribution >= 4 is 22.8 Å². The van der Waals surface area contributed by atoms with Crippen LogP contribution in [0.25, 0.3) is 11.1 Å². The highest BCUT2D eigenvalue weighted by Crippen LogP contribution is 2.56. The van der Waals surface area contributed by atoms with Crippen LogP contribution in [0.3, 0.4) is 0 Å². The molecule has 38 heavy (non-hydrogen) atoms. The number of fused-ring (bicyclic) bond motifs is 3. The van der Waals surface area contributed by atoms with Gasteiger partial charge in [-0.3, -0.25) is 9.59 Å². The van der Waals surface area contributed by atoms with Crippen LogP contribution in [0.4, 0.5) is 0 Å². The average molecular weight is 551 g/mol. The third kappa shape index (κ3) is 5.43. The third-order valence-electron chi connectivity index (χ3n) is 7.06. The van der Waals surface area contributed by atoms with Crippen LogP contribution in [0.5, 0.6) is 34.5 Å². The third-order valence-corrected chi connectivity index (χ3v) is 7.25. The van der Waals surface area contributed by atoms with E-state index in [0.717, 1.165) is 16.7 Å². The Bertz CT molecular complexity index is 1210. The Hall–Kier alpha value is -3.33. The minimum atomic E-state index is -0.954. The van der Waals surface area contributed by atoms with E-state index in [1.807, 2.05) is 26.0 Å². The van der Waals surface area contributed by atoms with Crippen LogP contribution < -0.4 is 28.4 Å². The van der Waals surface area contributed by atoms with Crippen LogP contribution in [-0.2, 0) is 27.2 Å². The van der Waals surface area contributed by atoms with Crippen LogP contribution in [0.2, 0.25) is 0 Å². The number of carbonyl (C=O) groups excluding carboxylic acids is 2. The lowest BCUT2D eigenvalue weighted by Gasteiger charge is -2.39. The summed E-state index contributed by atoms with van der Waals surface area (Å²) in [4.78, 5) is 24.0. The molecule has 10 heteroatoms. The summed E-state index contributed by atoms with van der Waals surface area (Å²) in [5.74, 6) is 2.04. The molecule has 0 saturated heterocycles. The molecule has 1 aliphatic rings. The van der Waals surface area contributed by atoms with Crippen molar-refractivity contribution in [3.05, 3.63) is 23.3 Å². The standard InChI is InChI=1S/C28H35ClO9/c1-15-11-16-12-18(32-3)24(34-5)26(36-7)22(16)23-17(13-19(33-4)25(35-6)27(23)37-8)14-28(15,2)38-21(31)10-9-20(29)30/h12-13,15H,9-11,14H2,1-8H3/t15-,28-/m0/s1. The molecule has 0 bridgehead atoms. The minimum absolute atomic E-state index is 0.0999. The zero-order valence-electron chi connectivity index (χ0n) is 23.1. The van der Waals surface area contributed by atoms with Crippen molar-refractivity contribution in [2.75, 3.05) is 42.7 Å². The molecule has 2 aromatic carbocycles. The van der Waals surface area contributed by atoms with Gasteiger partial charge in [0.25, 0.3) is 0 Å². The van der Waals surface area contributed by atoms with E-state index in [1.54, 1.807) is 35.5 Å². The van der Waals surface area contributed by atoms with E-state index < -0.39 is 16.8 Å². The molecule has 0 saturated carbocycles. The summed E-state index contributed by atoms with van der Waals surface area (Å²) >= 11 is 5.46. The monoisotopic (exact) mass is 550 g/mol. The van der Waals surface area contributed by atoms with E-state index in [2.05, 4.69) is 0 Å². The smallest absolute Gasteiger partial charge is 0.306 e. The molecule has 2 aromatic rings. The van der Waals surface area contributed by atoms with Crippen LogP contribution in [0.1, 0.15) is 37.8 Å². The first-order chi connectivity index (χ1) is 18.1. The Morgan fingerprint density at radius 2 is 1.26 bits per heavy atom. The lowest BCUT2D eigenvalue weighted by Crippen LogP contribution is -2.42. The first-order valence-electron chi connectivity index (χ1n) is 12.1. The van der Waals surface area contributed by atoms with E-state index in [4.69, 9.17) is 44.8 Å². The van der Waals surface area contributed by atoms with Crippen molar-refractivity contribution in [3.8, 4) is 45.6 Å². The predicted octanol–water partition coefficient (Wildman–Crippen LogP) is 4.99. The van der Waals surface area contributed by atoms with Crippen molar-refractivity contribution in [1.29, 1.82) is 0 Å². The van der Waals surface area contributed by atoms with Gasteiger partial charge in [0, 0.05) is 29.9 Å². The molecule has 0 amide bonds. The molecule has 208 valence electrons. The highest BCUT2D eigenvalue weighted by molar-refractivity contribution is 6.63. The van der Waals surface area contributed by atoms with E-state index >= 15 is 0 Å². The molecule has 0 aromatic heterocycles. The molecular formula is C28H35ClO9. The maximum atomic E-state index is 12.8. The second-order valence-electron chi connectivity index (χ2n) is 9.28. The number of hydrogen-bond acceptors (Lipinski definition) is 9. The summed E-state index contributed by atoms with van der Waals surface area (Å²) in [6, 6.07) is 3.75. The molecule has 0 spiro atoms. The van der Waals surface area contributed by atoms with Gasteiger partial charge in [0.2, 0.25) is 16.7 Å². The van der Waals surface area contributed by atoms with Crippen molar-refractivity contribution in [2.45, 2.75) is 45.1 Å². The van der Waals surface area contributed by atoms with E-state index in [0.29, 0.717) is 52.9 Å². The fourth-order valence-electron chi connectivity index (χ4n) is 5.01. The minimum Gasteiger partial charge on any atom is -0.493 e. The van der Waals surface area contributed by atoms with Gasteiger partial charge in [-0.15, -0.1) is 0 Å². The molecule has 3 rings (SSSR count). The van der Waals surface area contributed by atoms with Crippen molar-refractivity contribution in [3.63, 3.8) is 0 Å². The number of esters is 1. The molecule has 0 heterocycles. The molecule has 9 nitrogen and oxygen atoms in total. The van der Waals surface area contributed by atoms with Gasteiger partial charge in [-0.25, -0.2) is 0 Å². The van der Waals surface area contributed by atoms with Gasteiger partial charge in [0.1, 0.15) is 5.60 Å². The molecule has 0 unspecified atom stereocenters. The molecule has 1 aliphatic carbocycles. The number of carbonyl (C=O) groups is 2. The average Bonchev–Trinajstić information content (AvgIpc) is 2.89. The number of benzene rings is 2. The Kier molecular flexibility index (Phi) is 9.25. The Balaban J connectivity index is 2.38. The van der Waals surface area contributed by atoms with Crippen molar-refractivity contribution < 1.29 is 42.7 Å². The fraction of sp³-hybridized carbons (Fsp3) is 0.500. The second-order valence-corrected chi connectivity index (χ2v) is 9.70. The number of methoxy groups -OCH3 is 6. The first kappa shape index (κ1) is 29.2. The van der Waals surface area contributed by atoms with Crippen LogP contribution >= 0.6 is 11.6 Å². The van der Waals surface area contributed by atoms with Crippen LogP contribution in [0, 0.1) is 5.92 Å². The first-order valence-corrected chi connectivity index (χ1v) is 12.5. The highest BCUT2D eigenvalue weighted by atomic mass is 35.5. The van der Waals surface area contributed by atoms with Gasteiger partial charge in [0.15, 0.2) is 23.0 Å². The molecule has 0 radical (unpaired) electrons. The second kappa shape index (κ2) is 12.0. The van der Waals surface area contributed by atoms with E-state index in [-0.39, 0.29) is 18.8 Å². The van der Waals surface area contributed by atoms with Crippen LogP contribution in [-0.4, -0.2) is 59.5 Å².